The Morgan fingerprint density at radius 3 is 2.56 bits per heavy atom. The molecule has 4 rings (SSSR count). The van der Waals surface area contributed by atoms with Crippen molar-refractivity contribution >= 4 is 17.3 Å². The lowest BCUT2D eigenvalue weighted by Gasteiger charge is -2.28. The van der Waals surface area contributed by atoms with Gasteiger partial charge in [-0.05, 0) is 102 Å². The molecular formula is C25H32N6S. The first-order valence-corrected chi connectivity index (χ1v) is 11.5. The van der Waals surface area contributed by atoms with Gasteiger partial charge in [0.1, 0.15) is 5.82 Å². The van der Waals surface area contributed by atoms with Gasteiger partial charge in [0.05, 0.1) is 17.8 Å². The molecule has 1 N–H and O–H groups in total. The number of hydrogen-bond donors (Lipinski definition) is 1. The summed E-state index contributed by atoms with van der Waals surface area (Å²) in [4.78, 5) is 13.9. The van der Waals surface area contributed by atoms with Crippen molar-refractivity contribution in [2.45, 2.75) is 39.3 Å². The van der Waals surface area contributed by atoms with Crippen LogP contribution in [-0.2, 0) is 0 Å². The van der Waals surface area contributed by atoms with Gasteiger partial charge in [-0.15, -0.1) is 0 Å². The predicted octanol–water partition coefficient (Wildman–Crippen LogP) is 4.12. The van der Waals surface area contributed by atoms with Crippen LogP contribution in [0.5, 0.6) is 0 Å². The summed E-state index contributed by atoms with van der Waals surface area (Å²) in [5.41, 5.74) is 5.83. The van der Waals surface area contributed by atoms with Gasteiger partial charge in [-0.3, -0.25) is 4.98 Å². The van der Waals surface area contributed by atoms with Crippen LogP contribution < -0.4 is 5.32 Å². The van der Waals surface area contributed by atoms with Gasteiger partial charge in [-0.25, -0.2) is 4.98 Å². The number of thiocarbonyl (C=S) groups is 1. The Morgan fingerprint density at radius 1 is 1.06 bits per heavy atom. The van der Waals surface area contributed by atoms with Crippen LogP contribution in [0.3, 0.4) is 0 Å². The van der Waals surface area contributed by atoms with E-state index in [4.69, 9.17) is 12.2 Å². The highest BCUT2D eigenvalue weighted by atomic mass is 32.1. The first-order valence-electron chi connectivity index (χ1n) is 11.1. The van der Waals surface area contributed by atoms with Crippen LogP contribution in [0.15, 0.2) is 48.8 Å². The van der Waals surface area contributed by atoms with E-state index in [0.29, 0.717) is 0 Å². The largest absolute Gasteiger partial charge is 0.352 e. The monoisotopic (exact) mass is 448 g/mol. The molecule has 4 heterocycles. The number of hydrogen-bond acceptors (Lipinski definition) is 4. The summed E-state index contributed by atoms with van der Waals surface area (Å²) in [6.45, 7) is 8.34. The molecule has 0 aromatic carbocycles. The van der Waals surface area contributed by atoms with Crippen LogP contribution in [0.2, 0.25) is 0 Å². The minimum atomic E-state index is 0.00229. The van der Waals surface area contributed by atoms with E-state index in [1.807, 2.05) is 30.6 Å². The predicted molar refractivity (Wildman–Crippen MR) is 133 cm³/mol. The molecule has 0 bridgehead atoms. The smallest absolute Gasteiger partial charge is 0.170 e. The van der Waals surface area contributed by atoms with Gasteiger partial charge < -0.3 is 19.7 Å². The molecule has 1 saturated heterocycles. The lowest BCUT2D eigenvalue weighted by Crippen LogP contribution is -2.32. The van der Waals surface area contributed by atoms with Crippen LogP contribution in [0.1, 0.15) is 46.7 Å². The molecule has 0 saturated carbocycles. The molecule has 32 heavy (non-hydrogen) atoms. The van der Waals surface area contributed by atoms with Crippen molar-refractivity contribution in [3.05, 3.63) is 77.0 Å². The molecule has 1 fully saturated rings. The van der Waals surface area contributed by atoms with Gasteiger partial charge in [-0.2, -0.15) is 0 Å². The summed E-state index contributed by atoms with van der Waals surface area (Å²) in [5.74, 6) is 0.952. The van der Waals surface area contributed by atoms with Gasteiger partial charge in [0.25, 0.3) is 0 Å². The van der Waals surface area contributed by atoms with Crippen molar-refractivity contribution in [2.24, 2.45) is 0 Å². The maximum atomic E-state index is 5.82. The first kappa shape index (κ1) is 22.4. The Kier molecular flexibility index (Phi) is 6.58. The Labute approximate surface area is 196 Å². The van der Waals surface area contributed by atoms with Crippen molar-refractivity contribution in [2.75, 3.05) is 27.2 Å². The molecule has 168 valence electrons. The van der Waals surface area contributed by atoms with E-state index in [1.165, 1.54) is 22.5 Å². The number of aromatic nitrogens is 3. The molecule has 3 aromatic rings. The van der Waals surface area contributed by atoms with Crippen molar-refractivity contribution < 1.29 is 0 Å². The molecule has 2 atom stereocenters. The van der Waals surface area contributed by atoms with E-state index in [1.54, 1.807) is 0 Å². The number of pyridine rings is 2. The summed E-state index contributed by atoms with van der Waals surface area (Å²) in [6, 6.07) is 12.6. The van der Waals surface area contributed by atoms with Crippen molar-refractivity contribution in [1.29, 1.82) is 0 Å². The van der Waals surface area contributed by atoms with Crippen molar-refractivity contribution in [3.8, 4) is 5.82 Å². The fourth-order valence-corrected chi connectivity index (χ4v) is 4.96. The molecule has 0 aliphatic carbocycles. The Bertz CT molecular complexity index is 1090. The zero-order valence-corrected chi connectivity index (χ0v) is 20.4. The Hall–Kier alpha value is -2.77. The molecule has 3 aromatic heterocycles. The second-order valence-electron chi connectivity index (χ2n) is 8.83. The van der Waals surface area contributed by atoms with E-state index in [-0.39, 0.29) is 12.1 Å². The molecule has 0 spiro atoms. The van der Waals surface area contributed by atoms with E-state index >= 15 is 0 Å². The van der Waals surface area contributed by atoms with Gasteiger partial charge >= 0.3 is 0 Å². The molecule has 7 heteroatoms. The van der Waals surface area contributed by atoms with E-state index in [9.17, 15) is 0 Å². The fourth-order valence-electron chi connectivity index (χ4n) is 4.62. The summed E-state index contributed by atoms with van der Waals surface area (Å²) in [7, 11) is 4.22. The SMILES string of the molecule is Cc1ccnc(-n2c(C)cc([C@H]3[C@H](c4ccccn4)NC(=S)N3CCCN(C)C)c2C)c1. The molecule has 6 nitrogen and oxygen atoms in total. The van der Waals surface area contributed by atoms with Crippen molar-refractivity contribution in [1.82, 2.24) is 29.7 Å². The average molecular weight is 449 g/mol. The number of rotatable bonds is 7. The van der Waals surface area contributed by atoms with Crippen LogP contribution in [0.25, 0.3) is 5.82 Å². The van der Waals surface area contributed by atoms with Crippen molar-refractivity contribution in [3.63, 3.8) is 0 Å². The topological polar surface area (TPSA) is 49.2 Å². The van der Waals surface area contributed by atoms with E-state index < -0.39 is 0 Å². The third-order valence-corrected chi connectivity index (χ3v) is 6.47. The maximum Gasteiger partial charge on any atom is 0.170 e. The van der Waals surface area contributed by atoms with E-state index in [2.05, 4.69) is 82.7 Å². The third-order valence-electron chi connectivity index (χ3n) is 6.12. The molecule has 0 unspecified atom stereocenters. The Balaban J connectivity index is 1.77. The fraction of sp³-hybridized carbons (Fsp3) is 0.400. The third kappa shape index (κ3) is 4.40. The standard InChI is InChI=1S/C25H32N6S/c1-17-10-12-27-22(15-17)31-18(2)16-20(19(31)3)24-23(21-9-6-7-11-26-21)28-25(32)30(24)14-8-13-29(4)5/h6-7,9-12,15-16,23-24H,8,13-14H2,1-5H3,(H,28,32)/t23-,24-/m0/s1. The maximum absolute atomic E-state index is 5.82. The Morgan fingerprint density at radius 2 is 1.88 bits per heavy atom. The molecular weight excluding hydrogens is 416 g/mol. The average Bonchev–Trinajstić information content (AvgIpc) is 3.24. The second-order valence-corrected chi connectivity index (χ2v) is 9.22. The quantitative estimate of drug-likeness (QED) is 0.549. The highest BCUT2D eigenvalue weighted by Gasteiger charge is 2.41. The van der Waals surface area contributed by atoms with Crippen LogP contribution in [0.4, 0.5) is 0 Å². The number of aryl methyl sites for hydroxylation is 2. The number of nitrogens with zero attached hydrogens (tertiary/aromatic N) is 5. The molecule has 0 amide bonds. The highest BCUT2D eigenvalue weighted by Crippen LogP contribution is 2.41. The number of nitrogens with one attached hydrogen (secondary N) is 1. The lowest BCUT2D eigenvalue weighted by atomic mass is 9.96. The minimum Gasteiger partial charge on any atom is -0.352 e. The summed E-state index contributed by atoms with van der Waals surface area (Å²) in [6.07, 6.45) is 4.77. The van der Waals surface area contributed by atoms with Crippen LogP contribution in [-0.4, -0.2) is 56.6 Å². The van der Waals surface area contributed by atoms with E-state index in [0.717, 1.165) is 36.1 Å². The summed E-state index contributed by atoms with van der Waals surface area (Å²) in [5, 5.41) is 4.36. The van der Waals surface area contributed by atoms with Gasteiger partial charge in [-0.1, -0.05) is 6.07 Å². The van der Waals surface area contributed by atoms with Crippen LogP contribution in [0, 0.1) is 20.8 Å². The molecule has 1 aliphatic rings. The van der Waals surface area contributed by atoms with Crippen LogP contribution >= 0.6 is 12.2 Å². The lowest BCUT2D eigenvalue weighted by molar-refractivity contribution is 0.292. The molecule has 0 radical (unpaired) electrons. The second kappa shape index (κ2) is 9.38. The minimum absolute atomic E-state index is 0.00229. The zero-order valence-electron chi connectivity index (χ0n) is 19.5. The van der Waals surface area contributed by atoms with Gasteiger partial charge in [0.15, 0.2) is 5.11 Å². The van der Waals surface area contributed by atoms with Gasteiger partial charge in [0.2, 0.25) is 0 Å². The summed E-state index contributed by atoms with van der Waals surface area (Å²) < 4.78 is 2.25. The normalized spacial score (nSPS) is 18.4. The highest BCUT2D eigenvalue weighted by molar-refractivity contribution is 7.80. The van der Waals surface area contributed by atoms with Gasteiger partial charge in [0, 0.05) is 30.3 Å². The zero-order chi connectivity index (χ0) is 22.8. The first-order chi connectivity index (χ1) is 15.4. The summed E-state index contributed by atoms with van der Waals surface area (Å²) >= 11 is 5.82. The molecule has 1 aliphatic heterocycles.